The standard InChI is InChI=1S/C16H33NO/c1-12(2)14(10-18-7)17-13-8-15(3,4)11-16(5,6)9-13/h12-14,17H,8-11H2,1-7H3. The number of hydrogen-bond donors (Lipinski definition) is 1. The third kappa shape index (κ3) is 4.89. The zero-order valence-electron chi connectivity index (χ0n) is 13.5. The molecule has 1 aliphatic carbocycles. The molecule has 0 heterocycles. The van der Waals surface area contributed by atoms with E-state index in [2.05, 4.69) is 46.9 Å². The first kappa shape index (κ1) is 16.0. The second-order valence-corrected chi connectivity index (χ2v) is 8.08. The van der Waals surface area contributed by atoms with Gasteiger partial charge >= 0.3 is 0 Å². The molecular weight excluding hydrogens is 222 g/mol. The molecule has 1 N–H and O–H groups in total. The summed E-state index contributed by atoms with van der Waals surface area (Å²) in [5.41, 5.74) is 0.905. The summed E-state index contributed by atoms with van der Waals surface area (Å²) in [7, 11) is 1.80. The van der Waals surface area contributed by atoms with Gasteiger partial charge < -0.3 is 10.1 Å². The molecule has 0 aromatic rings. The van der Waals surface area contributed by atoms with Crippen LogP contribution in [0.2, 0.25) is 0 Å². The Kier molecular flexibility index (Phi) is 5.25. The lowest BCUT2D eigenvalue weighted by atomic mass is 9.63. The van der Waals surface area contributed by atoms with Crippen molar-refractivity contribution in [3.05, 3.63) is 0 Å². The van der Waals surface area contributed by atoms with Crippen LogP contribution in [-0.2, 0) is 4.74 Å². The van der Waals surface area contributed by atoms with Gasteiger partial charge in [0.1, 0.15) is 0 Å². The Labute approximate surface area is 114 Å². The third-order valence-corrected chi connectivity index (χ3v) is 4.16. The van der Waals surface area contributed by atoms with Crippen LogP contribution >= 0.6 is 0 Å². The molecule has 0 aromatic carbocycles. The molecular formula is C16H33NO. The van der Waals surface area contributed by atoms with E-state index in [9.17, 15) is 0 Å². The molecule has 0 amide bonds. The molecule has 0 spiro atoms. The first-order valence-electron chi connectivity index (χ1n) is 7.40. The van der Waals surface area contributed by atoms with Crippen LogP contribution in [0.25, 0.3) is 0 Å². The summed E-state index contributed by atoms with van der Waals surface area (Å²) in [6, 6.07) is 1.11. The molecule has 108 valence electrons. The highest BCUT2D eigenvalue weighted by Gasteiger charge is 2.39. The minimum absolute atomic E-state index is 0.452. The fraction of sp³-hybridized carbons (Fsp3) is 1.00. The van der Waals surface area contributed by atoms with Crippen LogP contribution in [0.1, 0.15) is 60.8 Å². The van der Waals surface area contributed by atoms with Gasteiger partial charge in [-0.3, -0.25) is 0 Å². The lowest BCUT2D eigenvalue weighted by molar-refractivity contribution is 0.0644. The van der Waals surface area contributed by atoms with E-state index >= 15 is 0 Å². The SMILES string of the molecule is COCC(NC1CC(C)(C)CC(C)(C)C1)C(C)C. The molecule has 1 aliphatic rings. The lowest BCUT2D eigenvalue weighted by Crippen LogP contribution is -2.50. The van der Waals surface area contributed by atoms with Crippen LogP contribution in [-0.4, -0.2) is 25.8 Å². The largest absolute Gasteiger partial charge is 0.383 e. The Morgan fingerprint density at radius 1 is 1.11 bits per heavy atom. The maximum Gasteiger partial charge on any atom is 0.0618 e. The van der Waals surface area contributed by atoms with E-state index in [-0.39, 0.29) is 0 Å². The predicted molar refractivity (Wildman–Crippen MR) is 78.8 cm³/mol. The van der Waals surface area contributed by atoms with Gasteiger partial charge in [0.25, 0.3) is 0 Å². The van der Waals surface area contributed by atoms with Gasteiger partial charge in [0.2, 0.25) is 0 Å². The van der Waals surface area contributed by atoms with Crippen molar-refractivity contribution in [1.82, 2.24) is 5.32 Å². The van der Waals surface area contributed by atoms with E-state index < -0.39 is 0 Å². The summed E-state index contributed by atoms with van der Waals surface area (Å²) in [4.78, 5) is 0. The van der Waals surface area contributed by atoms with Crippen molar-refractivity contribution in [2.75, 3.05) is 13.7 Å². The second kappa shape index (κ2) is 5.92. The van der Waals surface area contributed by atoms with Gasteiger partial charge in [-0.1, -0.05) is 41.5 Å². The number of methoxy groups -OCH3 is 1. The molecule has 0 saturated heterocycles. The quantitative estimate of drug-likeness (QED) is 0.805. The smallest absolute Gasteiger partial charge is 0.0618 e. The minimum Gasteiger partial charge on any atom is -0.383 e. The van der Waals surface area contributed by atoms with Crippen molar-refractivity contribution in [2.45, 2.75) is 72.9 Å². The zero-order chi connectivity index (χ0) is 14.0. The lowest BCUT2D eigenvalue weighted by Gasteiger charge is -2.46. The molecule has 1 saturated carbocycles. The second-order valence-electron chi connectivity index (χ2n) is 8.08. The van der Waals surface area contributed by atoms with Crippen molar-refractivity contribution in [2.24, 2.45) is 16.7 Å². The van der Waals surface area contributed by atoms with Crippen LogP contribution in [0.4, 0.5) is 0 Å². The molecule has 1 atom stereocenters. The summed E-state index contributed by atoms with van der Waals surface area (Å²) in [6.45, 7) is 15.0. The molecule has 2 nitrogen and oxygen atoms in total. The van der Waals surface area contributed by atoms with E-state index in [1.54, 1.807) is 7.11 Å². The van der Waals surface area contributed by atoms with Gasteiger partial charge in [0.05, 0.1) is 6.61 Å². The number of nitrogens with one attached hydrogen (secondary N) is 1. The summed E-state index contributed by atoms with van der Waals surface area (Å²) in [5.74, 6) is 0.623. The minimum atomic E-state index is 0.452. The molecule has 1 fully saturated rings. The van der Waals surface area contributed by atoms with Crippen LogP contribution < -0.4 is 5.32 Å². The molecule has 0 aliphatic heterocycles. The van der Waals surface area contributed by atoms with Crippen LogP contribution in [0, 0.1) is 16.7 Å². The van der Waals surface area contributed by atoms with Gasteiger partial charge in [-0.15, -0.1) is 0 Å². The topological polar surface area (TPSA) is 21.3 Å². The maximum absolute atomic E-state index is 5.35. The Bertz CT molecular complexity index is 242. The van der Waals surface area contributed by atoms with E-state index in [1.807, 2.05) is 0 Å². The Morgan fingerprint density at radius 2 is 1.61 bits per heavy atom. The number of rotatable bonds is 5. The Balaban J connectivity index is 2.65. The van der Waals surface area contributed by atoms with E-state index in [0.29, 0.717) is 28.8 Å². The molecule has 0 aromatic heterocycles. The molecule has 1 unspecified atom stereocenters. The van der Waals surface area contributed by atoms with Gasteiger partial charge in [0.15, 0.2) is 0 Å². The van der Waals surface area contributed by atoms with Gasteiger partial charge in [-0.2, -0.15) is 0 Å². The highest BCUT2D eigenvalue weighted by Crippen LogP contribution is 2.45. The number of ether oxygens (including phenoxy) is 1. The summed E-state index contributed by atoms with van der Waals surface area (Å²) >= 11 is 0. The van der Waals surface area contributed by atoms with Crippen molar-refractivity contribution in [1.29, 1.82) is 0 Å². The zero-order valence-corrected chi connectivity index (χ0v) is 13.5. The van der Waals surface area contributed by atoms with Crippen molar-refractivity contribution < 1.29 is 4.74 Å². The van der Waals surface area contributed by atoms with Gasteiger partial charge in [-0.05, 0) is 36.0 Å². The Morgan fingerprint density at radius 3 is 2.00 bits per heavy atom. The van der Waals surface area contributed by atoms with Crippen LogP contribution in [0.15, 0.2) is 0 Å². The predicted octanol–water partition coefficient (Wildman–Crippen LogP) is 3.85. The van der Waals surface area contributed by atoms with E-state index in [4.69, 9.17) is 4.74 Å². The molecule has 0 bridgehead atoms. The van der Waals surface area contributed by atoms with Crippen molar-refractivity contribution in [3.63, 3.8) is 0 Å². The number of hydrogen-bond acceptors (Lipinski definition) is 2. The maximum atomic E-state index is 5.35. The monoisotopic (exact) mass is 255 g/mol. The van der Waals surface area contributed by atoms with Crippen molar-refractivity contribution in [3.8, 4) is 0 Å². The summed E-state index contributed by atoms with van der Waals surface area (Å²) in [6.07, 6.45) is 3.89. The highest BCUT2D eigenvalue weighted by molar-refractivity contribution is 4.93. The third-order valence-electron chi connectivity index (χ3n) is 4.16. The summed E-state index contributed by atoms with van der Waals surface area (Å²) < 4.78 is 5.35. The molecule has 18 heavy (non-hydrogen) atoms. The summed E-state index contributed by atoms with van der Waals surface area (Å²) in [5, 5.41) is 3.84. The van der Waals surface area contributed by atoms with Gasteiger partial charge in [0, 0.05) is 19.2 Å². The fourth-order valence-corrected chi connectivity index (χ4v) is 3.88. The normalized spacial score (nSPS) is 25.3. The van der Waals surface area contributed by atoms with Crippen LogP contribution in [0.3, 0.4) is 0 Å². The Hall–Kier alpha value is -0.0800. The molecule has 2 heteroatoms. The van der Waals surface area contributed by atoms with Crippen molar-refractivity contribution >= 4 is 0 Å². The van der Waals surface area contributed by atoms with Gasteiger partial charge in [-0.25, -0.2) is 0 Å². The fourth-order valence-electron chi connectivity index (χ4n) is 3.88. The molecule has 0 radical (unpaired) electrons. The first-order chi connectivity index (χ1) is 8.15. The van der Waals surface area contributed by atoms with E-state index in [1.165, 1.54) is 19.3 Å². The van der Waals surface area contributed by atoms with Crippen LogP contribution in [0.5, 0.6) is 0 Å². The highest BCUT2D eigenvalue weighted by atomic mass is 16.5. The molecule has 1 rings (SSSR count). The first-order valence-corrected chi connectivity index (χ1v) is 7.40. The average Bonchev–Trinajstić information content (AvgIpc) is 2.11. The van der Waals surface area contributed by atoms with E-state index in [0.717, 1.165) is 6.61 Å². The average molecular weight is 255 g/mol.